The number of rotatable bonds is 5. The highest BCUT2D eigenvalue weighted by molar-refractivity contribution is 6.04. The van der Waals surface area contributed by atoms with Crippen LogP contribution in [0.5, 0.6) is 0 Å². The molecule has 0 aliphatic heterocycles. The van der Waals surface area contributed by atoms with Crippen LogP contribution < -0.4 is 16.0 Å². The third-order valence-corrected chi connectivity index (χ3v) is 4.80. The molecule has 3 aromatic carbocycles. The minimum Gasteiger partial charge on any atom is -0.334 e. The first-order valence-electron chi connectivity index (χ1n) is 9.82. The van der Waals surface area contributed by atoms with Gasteiger partial charge in [0.2, 0.25) is 0 Å². The number of benzene rings is 3. The zero-order chi connectivity index (χ0) is 23.3. The van der Waals surface area contributed by atoms with E-state index in [1.807, 2.05) is 32.0 Å². The number of anilines is 2. The molecule has 0 saturated carbocycles. The van der Waals surface area contributed by atoms with Gasteiger partial charge in [0.1, 0.15) is 0 Å². The molecule has 0 aliphatic carbocycles. The standard InChI is InChI=1S/C24H22F3N3O2/c1-15-8-9-18(16(2)12-15)14-28-23(32)30-21-11-10-19(13-20(21)24(25,26)27)29-22(31)17-6-4-3-5-7-17/h3-13H,14H2,1-2H3,(H,29,31)(H2,28,30,32). The number of amides is 3. The molecule has 3 rings (SSSR count). The van der Waals surface area contributed by atoms with Crippen LogP contribution >= 0.6 is 0 Å². The molecule has 3 amide bonds. The Kier molecular flexibility index (Phi) is 6.82. The van der Waals surface area contributed by atoms with Gasteiger partial charge in [-0.25, -0.2) is 4.79 Å². The maximum Gasteiger partial charge on any atom is 0.418 e. The summed E-state index contributed by atoms with van der Waals surface area (Å²) in [6.45, 7) is 4.01. The van der Waals surface area contributed by atoms with E-state index in [4.69, 9.17) is 0 Å². The fraction of sp³-hybridized carbons (Fsp3) is 0.167. The van der Waals surface area contributed by atoms with E-state index in [1.165, 1.54) is 6.07 Å². The Balaban J connectivity index is 1.72. The van der Waals surface area contributed by atoms with Crippen molar-refractivity contribution in [2.24, 2.45) is 0 Å². The van der Waals surface area contributed by atoms with Crippen molar-refractivity contribution in [2.45, 2.75) is 26.6 Å². The van der Waals surface area contributed by atoms with E-state index in [2.05, 4.69) is 16.0 Å². The zero-order valence-corrected chi connectivity index (χ0v) is 17.5. The van der Waals surface area contributed by atoms with Crippen LogP contribution in [0, 0.1) is 13.8 Å². The largest absolute Gasteiger partial charge is 0.418 e. The minimum atomic E-state index is -4.73. The smallest absolute Gasteiger partial charge is 0.334 e. The summed E-state index contributed by atoms with van der Waals surface area (Å²) >= 11 is 0. The van der Waals surface area contributed by atoms with Gasteiger partial charge in [-0.05, 0) is 55.3 Å². The molecule has 0 radical (unpaired) electrons. The highest BCUT2D eigenvalue weighted by Crippen LogP contribution is 2.36. The van der Waals surface area contributed by atoms with Gasteiger partial charge in [-0.2, -0.15) is 13.2 Å². The molecule has 3 N–H and O–H groups in total. The number of halogens is 3. The topological polar surface area (TPSA) is 70.2 Å². The fourth-order valence-corrected chi connectivity index (χ4v) is 3.14. The van der Waals surface area contributed by atoms with Crippen molar-refractivity contribution in [3.63, 3.8) is 0 Å². The lowest BCUT2D eigenvalue weighted by atomic mass is 10.1. The lowest BCUT2D eigenvalue weighted by Gasteiger charge is -2.16. The molecule has 0 bridgehead atoms. The molecule has 0 spiro atoms. The number of nitrogens with one attached hydrogen (secondary N) is 3. The van der Waals surface area contributed by atoms with E-state index in [0.717, 1.165) is 28.8 Å². The Labute approximate surface area is 183 Å². The summed E-state index contributed by atoms with van der Waals surface area (Å²) in [5, 5.41) is 7.26. The molecule has 32 heavy (non-hydrogen) atoms. The number of carbonyl (C=O) groups is 2. The van der Waals surface area contributed by atoms with E-state index in [1.54, 1.807) is 30.3 Å². The van der Waals surface area contributed by atoms with Crippen LogP contribution in [0.4, 0.5) is 29.3 Å². The van der Waals surface area contributed by atoms with E-state index in [9.17, 15) is 22.8 Å². The fourth-order valence-electron chi connectivity index (χ4n) is 3.14. The molecule has 0 aromatic heterocycles. The van der Waals surface area contributed by atoms with Crippen LogP contribution in [0.25, 0.3) is 0 Å². The number of aryl methyl sites for hydroxylation is 2. The van der Waals surface area contributed by atoms with Crippen molar-refractivity contribution in [3.05, 3.63) is 94.5 Å². The Hall–Kier alpha value is -3.81. The maximum atomic E-state index is 13.6. The number of carbonyl (C=O) groups excluding carboxylic acids is 2. The average molecular weight is 441 g/mol. The number of hydrogen-bond donors (Lipinski definition) is 3. The van der Waals surface area contributed by atoms with Crippen molar-refractivity contribution >= 4 is 23.3 Å². The van der Waals surface area contributed by atoms with Crippen LogP contribution in [0.15, 0.2) is 66.7 Å². The second-order valence-corrected chi connectivity index (χ2v) is 7.32. The van der Waals surface area contributed by atoms with Gasteiger partial charge >= 0.3 is 12.2 Å². The molecule has 0 heterocycles. The molecule has 3 aromatic rings. The summed E-state index contributed by atoms with van der Waals surface area (Å²) in [5.41, 5.74) is 1.71. The summed E-state index contributed by atoms with van der Waals surface area (Å²) < 4.78 is 40.8. The van der Waals surface area contributed by atoms with E-state index in [-0.39, 0.29) is 12.2 Å². The summed E-state index contributed by atoms with van der Waals surface area (Å²) in [6.07, 6.45) is -4.73. The lowest BCUT2D eigenvalue weighted by Crippen LogP contribution is -2.29. The summed E-state index contributed by atoms with van der Waals surface area (Å²) in [6, 6.07) is 16.3. The van der Waals surface area contributed by atoms with Gasteiger partial charge in [0.25, 0.3) is 5.91 Å². The van der Waals surface area contributed by atoms with E-state index in [0.29, 0.717) is 5.56 Å². The second kappa shape index (κ2) is 9.55. The highest BCUT2D eigenvalue weighted by atomic mass is 19.4. The molecule has 0 unspecified atom stereocenters. The van der Waals surface area contributed by atoms with Crippen molar-refractivity contribution < 1.29 is 22.8 Å². The van der Waals surface area contributed by atoms with Gasteiger partial charge in [0.05, 0.1) is 11.3 Å². The van der Waals surface area contributed by atoms with Crippen molar-refractivity contribution in [3.8, 4) is 0 Å². The first-order chi connectivity index (χ1) is 15.1. The predicted molar refractivity (Wildman–Crippen MR) is 118 cm³/mol. The average Bonchev–Trinajstić information content (AvgIpc) is 2.74. The van der Waals surface area contributed by atoms with Gasteiger partial charge in [-0.3, -0.25) is 4.79 Å². The molecule has 166 valence electrons. The Morgan fingerprint density at radius 2 is 1.59 bits per heavy atom. The van der Waals surface area contributed by atoms with Crippen LogP contribution in [0.2, 0.25) is 0 Å². The van der Waals surface area contributed by atoms with Crippen LogP contribution in [0.1, 0.15) is 32.6 Å². The lowest BCUT2D eigenvalue weighted by molar-refractivity contribution is -0.136. The normalized spacial score (nSPS) is 11.0. The van der Waals surface area contributed by atoms with E-state index < -0.39 is 29.4 Å². The first-order valence-corrected chi connectivity index (χ1v) is 9.82. The molecule has 0 fully saturated rings. The number of hydrogen-bond acceptors (Lipinski definition) is 2. The first kappa shape index (κ1) is 22.9. The third kappa shape index (κ3) is 5.87. The van der Waals surface area contributed by atoms with Crippen molar-refractivity contribution in [1.82, 2.24) is 5.32 Å². The van der Waals surface area contributed by atoms with Gasteiger partial charge in [-0.15, -0.1) is 0 Å². The van der Waals surface area contributed by atoms with Gasteiger partial charge < -0.3 is 16.0 Å². The Morgan fingerprint density at radius 1 is 0.875 bits per heavy atom. The van der Waals surface area contributed by atoms with Gasteiger partial charge in [0.15, 0.2) is 0 Å². The maximum absolute atomic E-state index is 13.6. The molecule has 5 nitrogen and oxygen atoms in total. The Bertz CT molecular complexity index is 1130. The van der Waals surface area contributed by atoms with Gasteiger partial charge in [-0.1, -0.05) is 42.0 Å². The van der Waals surface area contributed by atoms with Crippen LogP contribution in [0.3, 0.4) is 0 Å². The summed E-state index contributed by atoms with van der Waals surface area (Å²) in [7, 11) is 0. The molecule has 0 atom stereocenters. The number of alkyl halides is 3. The molecule has 0 aliphatic rings. The highest BCUT2D eigenvalue weighted by Gasteiger charge is 2.34. The van der Waals surface area contributed by atoms with Crippen LogP contribution in [-0.4, -0.2) is 11.9 Å². The quantitative estimate of drug-likeness (QED) is 0.462. The van der Waals surface area contributed by atoms with E-state index >= 15 is 0 Å². The monoisotopic (exact) mass is 441 g/mol. The predicted octanol–water partition coefficient (Wildman–Crippen LogP) is 5.90. The number of urea groups is 1. The summed E-state index contributed by atoms with van der Waals surface area (Å²) in [4.78, 5) is 24.5. The van der Waals surface area contributed by atoms with Crippen LogP contribution in [-0.2, 0) is 12.7 Å². The molecular weight excluding hydrogens is 419 g/mol. The van der Waals surface area contributed by atoms with Crippen molar-refractivity contribution in [2.75, 3.05) is 10.6 Å². The molecule has 0 saturated heterocycles. The van der Waals surface area contributed by atoms with Gasteiger partial charge in [0, 0.05) is 17.8 Å². The minimum absolute atomic E-state index is 0.0348. The summed E-state index contributed by atoms with van der Waals surface area (Å²) in [5.74, 6) is -0.536. The molecular formula is C24H22F3N3O2. The zero-order valence-electron chi connectivity index (χ0n) is 17.5. The third-order valence-electron chi connectivity index (χ3n) is 4.80. The second-order valence-electron chi connectivity index (χ2n) is 7.32. The SMILES string of the molecule is Cc1ccc(CNC(=O)Nc2ccc(NC(=O)c3ccccc3)cc2C(F)(F)F)c(C)c1. The Morgan fingerprint density at radius 3 is 2.25 bits per heavy atom. The molecule has 8 heteroatoms. The van der Waals surface area contributed by atoms with Crippen molar-refractivity contribution in [1.29, 1.82) is 0 Å².